The maximum atomic E-state index is 6.04. The smallest absolute Gasteiger partial charge is 0.0464 e. The molecule has 3 aliphatic rings. The zero-order chi connectivity index (χ0) is 10.9. The highest BCUT2D eigenvalue weighted by Gasteiger charge is 2.45. The average molecular weight is 211 g/mol. The summed E-state index contributed by atoms with van der Waals surface area (Å²) in [5.41, 5.74) is 6.25. The lowest BCUT2D eigenvalue weighted by molar-refractivity contribution is 0.00523. The molecular formula is C12H25N3. The van der Waals surface area contributed by atoms with E-state index < -0.39 is 0 Å². The molecule has 3 nitrogen and oxygen atoms in total. The van der Waals surface area contributed by atoms with Gasteiger partial charge in [0, 0.05) is 24.7 Å². The Morgan fingerprint density at radius 3 is 2.53 bits per heavy atom. The number of piperidine rings is 3. The van der Waals surface area contributed by atoms with Crippen molar-refractivity contribution in [2.75, 3.05) is 26.2 Å². The van der Waals surface area contributed by atoms with Crippen molar-refractivity contribution in [3.63, 3.8) is 0 Å². The monoisotopic (exact) mass is 211 g/mol. The maximum absolute atomic E-state index is 6.04. The summed E-state index contributed by atoms with van der Waals surface area (Å²) in [6.07, 6.45) is 3.86. The first kappa shape index (κ1) is 11.4. The molecule has 0 radical (unpaired) electrons. The normalized spacial score (nSPS) is 41.8. The van der Waals surface area contributed by atoms with Gasteiger partial charge in [0.2, 0.25) is 0 Å². The van der Waals surface area contributed by atoms with Gasteiger partial charge in [-0.15, -0.1) is 0 Å². The predicted molar refractivity (Wildman–Crippen MR) is 63.8 cm³/mol. The first-order valence-corrected chi connectivity index (χ1v) is 6.40. The molecule has 0 aliphatic carbocycles. The van der Waals surface area contributed by atoms with E-state index in [9.17, 15) is 0 Å². The van der Waals surface area contributed by atoms with Gasteiger partial charge >= 0.3 is 0 Å². The second kappa shape index (κ2) is 4.40. The van der Waals surface area contributed by atoms with E-state index in [-0.39, 0.29) is 5.54 Å². The molecule has 3 heteroatoms. The van der Waals surface area contributed by atoms with Crippen LogP contribution in [0.1, 0.15) is 33.1 Å². The minimum absolute atomic E-state index is 0.214. The average Bonchev–Trinajstić information content (AvgIpc) is 2.30. The van der Waals surface area contributed by atoms with E-state index in [2.05, 4.69) is 24.1 Å². The molecule has 3 N–H and O–H groups in total. The van der Waals surface area contributed by atoms with Crippen molar-refractivity contribution < 1.29 is 0 Å². The van der Waals surface area contributed by atoms with Gasteiger partial charge in [0.1, 0.15) is 0 Å². The highest BCUT2D eigenvalue weighted by Crippen LogP contribution is 2.35. The Bertz CT molecular complexity index is 211. The summed E-state index contributed by atoms with van der Waals surface area (Å²) in [6, 6.07) is 0.592. The van der Waals surface area contributed by atoms with Crippen LogP contribution in [0, 0.1) is 5.92 Å². The standard InChI is InChI=1S/C12H25N3/c1-3-10(2)14-12(8-13)9-15-6-4-11(12)5-7-15/h10-11,14H,3-9,13H2,1-2H3. The van der Waals surface area contributed by atoms with Crippen molar-refractivity contribution in [2.45, 2.75) is 44.7 Å². The molecule has 3 fully saturated rings. The van der Waals surface area contributed by atoms with Gasteiger partial charge in [0.25, 0.3) is 0 Å². The van der Waals surface area contributed by atoms with Crippen LogP contribution in [0.25, 0.3) is 0 Å². The SMILES string of the molecule is CCC(C)NC1(CN)CN2CCC1CC2. The van der Waals surface area contributed by atoms with E-state index in [4.69, 9.17) is 5.73 Å². The van der Waals surface area contributed by atoms with E-state index in [1.807, 2.05) is 0 Å². The van der Waals surface area contributed by atoms with E-state index in [1.54, 1.807) is 0 Å². The number of hydrogen-bond acceptors (Lipinski definition) is 3. The van der Waals surface area contributed by atoms with Crippen LogP contribution in [0.2, 0.25) is 0 Å². The number of nitrogens with two attached hydrogens (primary N) is 1. The number of nitrogens with one attached hydrogen (secondary N) is 1. The largest absolute Gasteiger partial charge is 0.329 e. The molecule has 0 aromatic carbocycles. The van der Waals surface area contributed by atoms with Gasteiger partial charge < -0.3 is 16.0 Å². The molecule has 2 unspecified atom stereocenters. The number of rotatable bonds is 4. The van der Waals surface area contributed by atoms with Gasteiger partial charge in [-0.2, -0.15) is 0 Å². The molecular weight excluding hydrogens is 186 g/mol. The molecule has 3 heterocycles. The molecule has 88 valence electrons. The third kappa shape index (κ3) is 2.05. The van der Waals surface area contributed by atoms with Crippen LogP contribution in [-0.4, -0.2) is 42.7 Å². The Morgan fingerprint density at radius 2 is 2.13 bits per heavy atom. The van der Waals surface area contributed by atoms with Gasteiger partial charge in [-0.3, -0.25) is 0 Å². The Balaban J connectivity index is 2.07. The van der Waals surface area contributed by atoms with Crippen LogP contribution in [0.3, 0.4) is 0 Å². The maximum Gasteiger partial charge on any atom is 0.0464 e. The van der Waals surface area contributed by atoms with Crippen LogP contribution in [-0.2, 0) is 0 Å². The van der Waals surface area contributed by atoms with Gasteiger partial charge in [0.15, 0.2) is 0 Å². The molecule has 2 atom stereocenters. The van der Waals surface area contributed by atoms with Crippen LogP contribution >= 0.6 is 0 Å². The van der Waals surface area contributed by atoms with E-state index in [0.29, 0.717) is 6.04 Å². The second-order valence-electron chi connectivity index (χ2n) is 5.36. The first-order valence-electron chi connectivity index (χ1n) is 6.40. The van der Waals surface area contributed by atoms with Gasteiger partial charge in [-0.1, -0.05) is 6.92 Å². The van der Waals surface area contributed by atoms with Gasteiger partial charge in [-0.25, -0.2) is 0 Å². The van der Waals surface area contributed by atoms with Crippen molar-refractivity contribution in [1.82, 2.24) is 10.2 Å². The second-order valence-corrected chi connectivity index (χ2v) is 5.36. The molecule has 3 saturated heterocycles. The molecule has 15 heavy (non-hydrogen) atoms. The van der Waals surface area contributed by atoms with Crippen LogP contribution in [0.4, 0.5) is 0 Å². The molecule has 0 aromatic heterocycles. The predicted octanol–water partition coefficient (Wildman–Crippen LogP) is 0.798. The van der Waals surface area contributed by atoms with Gasteiger partial charge in [-0.05, 0) is 45.2 Å². The highest BCUT2D eigenvalue weighted by molar-refractivity contribution is 5.05. The topological polar surface area (TPSA) is 41.3 Å². The molecule has 3 rings (SSSR count). The van der Waals surface area contributed by atoms with Crippen molar-refractivity contribution >= 4 is 0 Å². The van der Waals surface area contributed by atoms with Crippen LogP contribution in [0.15, 0.2) is 0 Å². The third-order valence-corrected chi connectivity index (χ3v) is 4.39. The quantitative estimate of drug-likeness (QED) is 0.722. The van der Waals surface area contributed by atoms with Crippen molar-refractivity contribution in [3.05, 3.63) is 0 Å². The third-order valence-electron chi connectivity index (χ3n) is 4.39. The Labute approximate surface area is 93.4 Å². The van der Waals surface area contributed by atoms with E-state index in [1.165, 1.54) is 38.9 Å². The fourth-order valence-electron chi connectivity index (χ4n) is 3.22. The molecule has 0 aromatic rings. The fourth-order valence-corrected chi connectivity index (χ4v) is 3.22. The summed E-state index contributed by atoms with van der Waals surface area (Å²) in [4.78, 5) is 2.57. The lowest BCUT2D eigenvalue weighted by Crippen LogP contribution is -2.70. The van der Waals surface area contributed by atoms with Crippen molar-refractivity contribution in [3.8, 4) is 0 Å². The minimum atomic E-state index is 0.214. The molecule has 3 aliphatic heterocycles. The van der Waals surface area contributed by atoms with Crippen LogP contribution in [0.5, 0.6) is 0 Å². The Kier molecular flexibility index (Phi) is 3.33. The number of nitrogens with zero attached hydrogens (tertiary/aromatic N) is 1. The Morgan fingerprint density at radius 1 is 1.47 bits per heavy atom. The fraction of sp³-hybridized carbons (Fsp3) is 1.00. The molecule has 0 amide bonds. The van der Waals surface area contributed by atoms with Crippen LogP contribution < -0.4 is 11.1 Å². The lowest BCUT2D eigenvalue weighted by Gasteiger charge is -2.54. The first-order chi connectivity index (χ1) is 7.20. The summed E-state index contributed by atoms with van der Waals surface area (Å²) in [6.45, 7) is 9.04. The summed E-state index contributed by atoms with van der Waals surface area (Å²) in [5.74, 6) is 0.807. The van der Waals surface area contributed by atoms with Crippen molar-refractivity contribution in [1.29, 1.82) is 0 Å². The van der Waals surface area contributed by atoms with Crippen molar-refractivity contribution in [2.24, 2.45) is 11.7 Å². The summed E-state index contributed by atoms with van der Waals surface area (Å²) in [7, 11) is 0. The molecule has 0 saturated carbocycles. The van der Waals surface area contributed by atoms with E-state index in [0.717, 1.165) is 12.5 Å². The summed E-state index contributed by atoms with van der Waals surface area (Å²) >= 11 is 0. The summed E-state index contributed by atoms with van der Waals surface area (Å²) < 4.78 is 0. The van der Waals surface area contributed by atoms with Gasteiger partial charge in [0.05, 0.1) is 0 Å². The minimum Gasteiger partial charge on any atom is -0.329 e. The van der Waals surface area contributed by atoms with E-state index >= 15 is 0 Å². The number of hydrogen-bond donors (Lipinski definition) is 2. The zero-order valence-electron chi connectivity index (χ0n) is 10.1. The summed E-state index contributed by atoms with van der Waals surface area (Å²) in [5, 5.41) is 3.80. The lowest BCUT2D eigenvalue weighted by atomic mass is 9.72. The zero-order valence-corrected chi connectivity index (χ0v) is 10.1. The molecule has 2 bridgehead atoms. The Hall–Kier alpha value is -0.120. The molecule has 0 spiro atoms. The highest BCUT2D eigenvalue weighted by atomic mass is 15.2. The number of fused-ring (bicyclic) bond motifs is 3.